The van der Waals surface area contributed by atoms with Crippen molar-refractivity contribution in [3.05, 3.63) is 35.5 Å². The van der Waals surface area contributed by atoms with E-state index in [0.717, 1.165) is 24.4 Å². The first-order chi connectivity index (χ1) is 8.34. The summed E-state index contributed by atoms with van der Waals surface area (Å²) < 4.78 is 0. The summed E-state index contributed by atoms with van der Waals surface area (Å²) in [5, 5.41) is 1.40. The number of nitrogens with one attached hydrogen (secondary N) is 1. The molecule has 3 heteroatoms. The van der Waals surface area contributed by atoms with Gasteiger partial charge in [0.1, 0.15) is 0 Å². The van der Waals surface area contributed by atoms with Crippen molar-refractivity contribution in [3.8, 4) is 0 Å². The monoisotopic (exact) mass is 242 g/mol. The second kappa shape index (κ2) is 3.33. The highest BCUT2D eigenvalue weighted by atomic mass is 32.1. The quantitative estimate of drug-likeness (QED) is 0.715. The minimum Gasteiger partial charge on any atom is -0.357 e. The number of hydrogen-bond donors (Lipinski definition) is 1. The normalized spacial score (nSPS) is 22.9. The molecule has 86 valence electrons. The number of H-pyrrole nitrogens is 1. The van der Waals surface area contributed by atoms with Crippen LogP contribution in [0.1, 0.15) is 30.1 Å². The second-order valence-electron chi connectivity index (χ2n) is 4.95. The van der Waals surface area contributed by atoms with Gasteiger partial charge in [-0.2, -0.15) is 0 Å². The van der Waals surface area contributed by atoms with E-state index in [1.807, 2.05) is 0 Å². The van der Waals surface area contributed by atoms with Gasteiger partial charge in [0, 0.05) is 29.6 Å². The van der Waals surface area contributed by atoms with Crippen molar-refractivity contribution < 1.29 is 0 Å². The van der Waals surface area contributed by atoms with Crippen LogP contribution in [0.3, 0.4) is 0 Å². The molecule has 1 N–H and O–H groups in total. The van der Waals surface area contributed by atoms with Gasteiger partial charge in [-0.05, 0) is 24.5 Å². The Morgan fingerprint density at radius 2 is 2.12 bits per heavy atom. The molecule has 2 aliphatic heterocycles. The summed E-state index contributed by atoms with van der Waals surface area (Å²) in [6.07, 6.45) is 3.38. The van der Waals surface area contributed by atoms with E-state index >= 15 is 0 Å². The Labute approximate surface area is 106 Å². The number of benzene rings is 1. The number of nitrogens with zero attached hydrogens (tertiary/aromatic N) is 1. The molecule has 4 rings (SSSR count). The zero-order valence-electron chi connectivity index (χ0n) is 9.57. The summed E-state index contributed by atoms with van der Waals surface area (Å²) in [7, 11) is 0. The molecule has 2 aliphatic rings. The van der Waals surface area contributed by atoms with Crippen LogP contribution in [-0.4, -0.2) is 21.4 Å². The highest BCUT2D eigenvalue weighted by Gasteiger charge is 2.35. The molecular weight excluding hydrogens is 228 g/mol. The molecule has 0 bridgehead atoms. The third kappa shape index (κ3) is 1.23. The van der Waals surface area contributed by atoms with Crippen LogP contribution in [0.5, 0.6) is 0 Å². The largest absolute Gasteiger partial charge is 0.357 e. The Balaban J connectivity index is 1.94. The summed E-state index contributed by atoms with van der Waals surface area (Å²) in [5.74, 6) is 0. The zero-order chi connectivity index (χ0) is 11.4. The molecule has 2 aromatic rings. The van der Waals surface area contributed by atoms with Crippen molar-refractivity contribution in [2.24, 2.45) is 0 Å². The molecule has 1 atom stereocenters. The maximum Gasteiger partial charge on any atom is 0.0785 e. The topological polar surface area (TPSA) is 19.0 Å². The van der Waals surface area contributed by atoms with Crippen molar-refractivity contribution in [3.63, 3.8) is 0 Å². The summed E-state index contributed by atoms with van der Waals surface area (Å²) >= 11 is 5.44. The molecule has 1 saturated heterocycles. The van der Waals surface area contributed by atoms with Crippen molar-refractivity contribution in [1.82, 2.24) is 9.88 Å². The summed E-state index contributed by atoms with van der Waals surface area (Å²) in [6, 6.07) is 9.14. The molecule has 0 aliphatic carbocycles. The molecule has 1 aromatic heterocycles. The van der Waals surface area contributed by atoms with Gasteiger partial charge in [0.05, 0.1) is 11.0 Å². The first-order valence-corrected chi connectivity index (χ1v) is 6.64. The van der Waals surface area contributed by atoms with Gasteiger partial charge in [-0.1, -0.05) is 30.4 Å². The average molecular weight is 242 g/mol. The fraction of sp³-hybridized carbons (Fsp3) is 0.357. The van der Waals surface area contributed by atoms with Crippen molar-refractivity contribution in [2.45, 2.75) is 25.3 Å². The molecular formula is C14H14N2S. The number of para-hydroxylation sites is 1. The number of fused-ring (bicyclic) bond motifs is 5. The van der Waals surface area contributed by atoms with E-state index < -0.39 is 0 Å². The minimum atomic E-state index is 0.513. The molecule has 2 nitrogen and oxygen atoms in total. The van der Waals surface area contributed by atoms with E-state index in [-0.39, 0.29) is 0 Å². The van der Waals surface area contributed by atoms with Gasteiger partial charge in [0.2, 0.25) is 0 Å². The number of rotatable bonds is 0. The first-order valence-electron chi connectivity index (χ1n) is 6.23. The minimum absolute atomic E-state index is 0.513. The summed E-state index contributed by atoms with van der Waals surface area (Å²) in [5.41, 5.74) is 4.21. The molecule has 1 unspecified atom stereocenters. The maximum absolute atomic E-state index is 5.44. The van der Waals surface area contributed by atoms with Crippen molar-refractivity contribution in [1.29, 1.82) is 0 Å². The predicted molar refractivity (Wildman–Crippen MR) is 73.3 cm³/mol. The van der Waals surface area contributed by atoms with Gasteiger partial charge in [0.25, 0.3) is 0 Å². The smallest absolute Gasteiger partial charge is 0.0785 e. The lowest BCUT2D eigenvalue weighted by atomic mass is 9.98. The number of hydrogen-bond acceptors (Lipinski definition) is 1. The Morgan fingerprint density at radius 1 is 1.24 bits per heavy atom. The standard InChI is InChI=1S/C14H14N2S/c17-13-6-5-12-14-10(7-8-16(12)13)9-3-1-2-4-11(9)15-14/h1-4,12,15H,5-8H2. The van der Waals surface area contributed by atoms with Gasteiger partial charge in [0.15, 0.2) is 0 Å². The van der Waals surface area contributed by atoms with E-state index in [1.54, 1.807) is 0 Å². The Bertz CT molecular complexity index is 614. The molecule has 0 spiro atoms. The van der Waals surface area contributed by atoms with Crippen LogP contribution >= 0.6 is 12.2 Å². The van der Waals surface area contributed by atoms with Crippen LogP contribution in [0.25, 0.3) is 10.9 Å². The lowest BCUT2D eigenvalue weighted by Gasteiger charge is -2.31. The van der Waals surface area contributed by atoms with Crippen molar-refractivity contribution in [2.75, 3.05) is 6.54 Å². The molecule has 0 saturated carbocycles. The molecule has 0 radical (unpaired) electrons. The SMILES string of the molecule is S=C1CCC2c3[nH]c4ccccc4c3CCN12. The van der Waals surface area contributed by atoms with Crippen LogP contribution in [0.15, 0.2) is 24.3 Å². The Morgan fingerprint density at radius 3 is 3.06 bits per heavy atom. The predicted octanol–water partition coefficient (Wildman–Crippen LogP) is 3.19. The van der Waals surface area contributed by atoms with Crippen LogP contribution in [0, 0.1) is 0 Å². The number of thiocarbonyl (C=S) groups is 1. The van der Waals surface area contributed by atoms with E-state index in [2.05, 4.69) is 34.1 Å². The van der Waals surface area contributed by atoms with Crippen LogP contribution in [0.2, 0.25) is 0 Å². The molecule has 3 heterocycles. The lowest BCUT2D eigenvalue weighted by Crippen LogP contribution is -2.33. The van der Waals surface area contributed by atoms with E-state index in [4.69, 9.17) is 12.2 Å². The van der Waals surface area contributed by atoms with Crippen LogP contribution in [-0.2, 0) is 6.42 Å². The fourth-order valence-corrected chi connectivity index (χ4v) is 3.66. The highest BCUT2D eigenvalue weighted by Crippen LogP contribution is 2.40. The Kier molecular flexibility index (Phi) is 1.89. The van der Waals surface area contributed by atoms with Crippen molar-refractivity contribution >= 4 is 28.1 Å². The van der Waals surface area contributed by atoms with Gasteiger partial charge in [-0.25, -0.2) is 0 Å². The molecule has 0 amide bonds. The highest BCUT2D eigenvalue weighted by molar-refractivity contribution is 7.80. The average Bonchev–Trinajstić information content (AvgIpc) is 2.90. The maximum atomic E-state index is 5.44. The second-order valence-corrected chi connectivity index (χ2v) is 5.43. The van der Waals surface area contributed by atoms with Gasteiger partial charge < -0.3 is 9.88 Å². The Hall–Kier alpha value is -1.35. The van der Waals surface area contributed by atoms with E-state index in [1.165, 1.54) is 28.6 Å². The fourth-order valence-electron chi connectivity index (χ4n) is 3.32. The van der Waals surface area contributed by atoms with Crippen LogP contribution in [0.4, 0.5) is 0 Å². The van der Waals surface area contributed by atoms with Gasteiger partial charge >= 0.3 is 0 Å². The molecule has 1 aromatic carbocycles. The number of aromatic nitrogens is 1. The summed E-state index contributed by atoms with van der Waals surface area (Å²) in [4.78, 5) is 7.17. The lowest BCUT2D eigenvalue weighted by molar-refractivity contribution is 0.324. The zero-order valence-corrected chi connectivity index (χ0v) is 10.4. The summed E-state index contributed by atoms with van der Waals surface area (Å²) in [6.45, 7) is 1.10. The molecule has 17 heavy (non-hydrogen) atoms. The first kappa shape index (κ1) is 9.66. The van der Waals surface area contributed by atoms with Gasteiger partial charge in [-0.15, -0.1) is 0 Å². The van der Waals surface area contributed by atoms with E-state index in [0.29, 0.717) is 6.04 Å². The van der Waals surface area contributed by atoms with Gasteiger partial charge in [-0.3, -0.25) is 0 Å². The number of aromatic amines is 1. The molecule has 1 fully saturated rings. The van der Waals surface area contributed by atoms with E-state index in [9.17, 15) is 0 Å². The third-order valence-corrected chi connectivity index (χ3v) is 4.55. The third-order valence-electron chi connectivity index (χ3n) is 4.11. The van der Waals surface area contributed by atoms with Crippen LogP contribution < -0.4 is 0 Å².